The Morgan fingerprint density at radius 1 is 0.806 bits per heavy atom. The second kappa shape index (κ2) is 10.1. The Labute approximate surface area is 214 Å². The van der Waals surface area contributed by atoms with Crippen molar-refractivity contribution in [2.24, 2.45) is 4.99 Å². The summed E-state index contributed by atoms with van der Waals surface area (Å²) in [6.45, 7) is 18.7. The van der Waals surface area contributed by atoms with E-state index in [1.165, 1.54) is 0 Å². The summed E-state index contributed by atoms with van der Waals surface area (Å²) in [6.07, 6.45) is 0. The Morgan fingerprint density at radius 3 is 1.67 bits per heavy atom. The van der Waals surface area contributed by atoms with Gasteiger partial charge in [0.15, 0.2) is 0 Å². The molecule has 1 aliphatic heterocycles. The minimum atomic E-state index is -1.54. The van der Waals surface area contributed by atoms with Crippen molar-refractivity contribution in [2.45, 2.75) is 105 Å². The molecule has 0 radical (unpaired) electrons. The van der Waals surface area contributed by atoms with Gasteiger partial charge in [-0.1, -0.05) is 30.3 Å². The number of aliphatic imine (C=N–C) groups is 1. The van der Waals surface area contributed by atoms with E-state index in [1.807, 2.05) is 30.3 Å². The number of benzene rings is 1. The van der Waals surface area contributed by atoms with Crippen LogP contribution >= 0.6 is 0 Å². The van der Waals surface area contributed by atoms with Crippen LogP contribution in [0.1, 0.15) is 87.6 Å². The van der Waals surface area contributed by atoms with Crippen LogP contribution in [0, 0.1) is 0 Å². The molecule has 0 bridgehead atoms. The third-order valence-corrected chi connectivity index (χ3v) is 4.83. The van der Waals surface area contributed by atoms with Crippen molar-refractivity contribution in [3.8, 4) is 0 Å². The smallest absolute Gasteiger partial charge is 0.364 e. The maximum Gasteiger partial charge on any atom is 0.364 e. The number of allylic oxidation sites excluding steroid dienone is 1. The Bertz CT molecular complexity index is 1040. The summed E-state index contributed by atoms with van der Waals surface area (Å²) in [5.74, 6) is -2.94. The van der Waals surface area contributed by atoms with Crippen LogP contribution in [0.2, 0.25) is 0 Å². The van der Waals surface area contributed by atoms with Gasteiger partial charge in [0, 0.05) is 0 Å². The Kier molecular flexibility index (Phi) is 8.13. The van der Waals surface area contributed by atoms with E-state index in [1.54, 1.807) is 76.2 Å². The Morgan fingerprint density at radius 2 is 1.25 bits per heavy atom. The van der Waals surface area contributed by atoms with Gasteiger partial charge in [0.05, 0.1) is 11.5 Å². The molecule has 0 N–H and O–H groups in total. The summed E-state index contributed by atoms with van der Waals surface area (Å²) in [5.41, 5.74) is -3.64. The largest absolute Gasteiger partial charge is 0.470 e. The van der Waals surface area contributed by atoms with Crippen molar-refractivity contribution in [1.29, 1.82) is 0 Å². The van der Waals surface area contributed by atoms with Crippen molar-refractivity contribution in [3.63, 3.8) is 0 Å². The molecule has 2 atom stereocenters. The zero-order chi connectivity index (χ0) is 27.7. The normalized spacial score (nSPS) is 20.4. The molecule has 198 valence electrons. The molecule has 0 aromatic heterocycles. The highest BCUT2D eigenvalue weighted by molar-refractivity contribution is 6.62. The van der Waals surface area contributed by atoms with Gasteiger partial charge in [0.2, 0.25) is 11.4 Å². The van der Waals surface area contributed by atoms with Crippen molar-refractivity contribution in [3.05, 3.63) is 47.2 Å². The maximum atomic E-state index is 13.3. The fourth-order valence-corrected chi connectivity index (χ4v) is 3.75. The highest BCUT2D eigenvalue weighted by Gasteiger charge is 2.51. The van der Waals surface area contributed by atoms with Crippen molar-refractivity contribution in [2.75, 3.05) is 0 Å². The zero-order valence-electron chi connectivity index (χ0n) is 23.3. The van der Waals surface area contributed by atoms with Gasteiger partial charge in [-0.3, -0.25) is 0 Å². The SMILES string of the molecule is CC1=C(C(=O)OC(C)(C)C)[C@H](c2ccccc2)[C@](C)(N=C(C(=O)OC(C)(C)C)C(=O)OC(C)(C)C)O1. The topological polar surface area (TPSA) is 100 Å². The first-order valence-electron chi connectivity index (χ1n) is 12.0. The lowest BCUT2D eigenvalue weighted by molar-refractivity contribution is -0.152. The van der Waals surface area contributed by atoms with Gasteiger partial charge >= 0.3 is 17.9 Å². The second-order valence-corrected chi connectivity index (χ2v) is 11.9. The average Bonchev–Trinajstić information content (AvgIpc) is 2.93. The van der Waals surface area contributed by atoms with Crippen LogP contribution in [0.5, 0.6) is 0 Å². The molecule has 0 unspecified atom stereocenters. The van der Waals surface area contributed by atoms with E-state index in [9.17, 15) is 14.4 Å². The highest BCUT2D eigenvalue weighted by atomic mass is 16.6. The van der Waals surface area contributed by atoms with Crippen LogP contribution in [-0.2, 0) is 33.3 Å². The average molecular weight is 502 g/mol. The standard InChI is InChI=1S/C28H39NO7/c1-17-19(22(30)34-25(2,3)4)20(18-15-13-12-14-16-18)28(11,33-17)29-21(23(31)35-26(5,6)7)24(32)36-27(8,9)10/h12-16,20H,1-11H3/t20-,28+/m0/s1. The van der Waals surface area contributed by atoms with Crippen LogP contribution in [0.15, 0.2) is 46.7 Å². The number of hydrogen-bond acceptors (Lipinski definition) is 8. The summed E-state index contributed by atoms with van der Waals surface area (Å²) in [5, 5.41) is 0. The quantitative estimate of drug-likeness (QED) is 0.235. The second-order valence-electron chi connectivity index (χ2n) is 11.9. The lowest BCUT2D eigenvalue weighted by Crippen LogP contribution is -2.41. The summed E-state index contributed by atoms with van der Waals surface area (Å²) in [4.78, 5) is 44.0. The lowest BCUT2D eigenvalue weighted by atomic mass is 9.84. The fourth-order valence-electron chi connectivity index (χ4n) is 3.75. The number of rotatable bonds is 5. The number of hydrogen-bond donors (Lipinski definition) is 0. The molecule has 0 amide bonds. The molecule has 1 aromatic carbocycles. The molecule has 8 heteroatoms. The van der Waals surface area contributed by atoms with Crippen LogP contribution in [0.4, 0.5) is 0 Å². The lowest BCUT2D eigenvalue weighted by Gasteiger charge is -2.30. The molecular weight excluding hydrogens is 462 g/mol. The molecule has 0 saturated heterocycles. The number of carbonyl (C=O) groups excluding carboxylic acids is 3. The van der Waals surface area contributed by atoms with E-state index in [0.29, 0.717) is 5.56 Å². The van der Waals surface area contributed by atoms with Crippen LogP contribution in [0.25, 0.3) is 0 Å². The van der Waals surface area contributed by atoms with Gasteiger partial charge in [-0.15, -0.1) is 0 Å². The van der Waals surface area contributed by atoms with E-state index < -0.39 is 52.1 Å². The van der Waals surface area contributed by atoms with Crippen LogP contribution < -0.4 is 0 Å². The minimum absolute atomic E-state index is 0.259. The first-order valence-corrected chi connectivity index (χ1v) is 12.0. The Hall–Kier alpha value is -3.16. The molecule has 0 fully saturated rings. The third kappa shape index (κ3) is 7.67. The zero-order valence-corrected chi connectivity index (χ0v) is 23.3. The van der Waals surface area contributed by atoms with E-state index in [0.717, 1.165) is 0 Å². The van der Waals surface area contributed by atoms with Crippen molar-refractivity contribution in [1.82, 2.24) is 0 Å². The number of carbonyl (C=O) groups is 3. The van der Waals surface area contributed by atoms with E-state index in [-0.39, 0.29) is 11.3 Å². The molecule has 2 rings (SSSR count). The third-order valence-electron chi connectivity index (χ3n) is 4.83. The number of nitrogens with zero attached hydrogens (tertiary/aromatic N) is 1. The van der Waals surface area contributed by atoms with Crippen LogP contribution in [0.3, 0.4) is 0 Å². The van der Waals surface area contributed by atoms with Gasteiger partial charge in [0.25, 0.3) is 0 Å². The predicted molar refractivity (Wildman–Crippen MR) is 136 cm³/mol. The molecule has 0 saturated carbocycles. The van der Waals surface area contributed by atoms with E-state index >= 15 is 0 Å². The molecule has 1 heterocycles. The van der Waals surface area contributed by atoms with Gasteiger partial charge in [-0.05, 0) is 81.7 Å². The molecule has 8 nitrogen and oxygen atoms in total. The van der Waals surface area contributed by atoms with Gasteiger partial charge in [-0.25, -0.2) is 19.4 Å². The maximum absolute atomic E-state index is 13.3. The number of esters is 3. The number of ether oxygens (including phenoxy) is 4. The molecule has 1 aromatic rings. The summed E-state index contributed by atoms with van der Waals surface area (Å²) in [7, 11) is 0. The highest BCUT2D eigenvalue weighted by Crippen LogP contribution is 2.48. The molecular formula is C28H39NO7. The molecule has 36 heavy (non-hydrogen) atoms. The van der Waals surface area contributed by atoms with E-state index in [4.69, 9.17) is 18.9 Å². The van der Waals surface area contributed by atoms with Crippen molar-refractivity contribution >= 4 is 23.6 Å². The summed E-state index contributed by atoms with van der Waals surface area (Å²) >= 11 is 0. The molecule has 0 spiro atoms. The summed E-state index contributed by atoms with van der Waals surface area (Å²) < 4.78 is 22.7. The van der Waals surface area contributed by atoms with Gasteiger partial charge in [0.1, 0.15) is 22.6 Å². The first kappa shape index (κ1) is 29.1. The summed E-state index contributed by atoms with van der Waals surface area (Å²) in [6, 6.07) is 9.14. The van der Waals surface area contributed by atoms with E-state index in [2.05, 4.69) is 4.99 Å². The Balaban J connectivity index is 2.69. The first-order chi connectivity index (χ1) is 16.2. The van der Waals surface area contributed by atoms with Crippen LogP contribution in [-0.4, -0.2) is 46.1 Å². The van der Waals surface area contributed by atoms with Gasteiger partial charge < -0.3 is 18.9 Å². The monoisotopic (exact) mass is 501 g/mol. The van der Waals surface area contributed by atoms with Crippen molar-refractivity contribution < 1.29 is 33.3 Å². The minimum Gasteiger partial charge on any atom is -0.470 e. The molecule has 0 aliphatic carbocycles. The fraction of sp³-hybridized carbons (Fsp3) is 0.571. The predicted octanol–water partition coefficient (Wildman–Crippen LogP) is 5.26. The molecule has 1 aliphatic rings. The van der Waals surface area contributed by atoms with Gasteiger partial charge in [-0.2, -0.15) is 0 Å².